The van der Waals surface area contributed by atoms with Crippen LogP contribution in [0, 0.1) is 0 Å². The summed E-state index contributed by atoms with van der Waals surface area (Å²) in [6.07, 6.45) is 4.45. The number of carbonyl (C=O) groups is 2. The molecule has 4 aliphatic rings. The monoisotopic (exact) mass is 1150 g/mol. The number of nitrogens with zero attached hydrogens (tertiary/aromatic N) is 7. The van der Waals surface area contributed by atoms with Gasteiger partial charge < -0.3 is 28.9 Å². The van der Waals surface area contributed by atoms with Gasteiger partial charge in [-0.3, -0.25) is 28.5 Å². The Hall–Kier alpha value is -7.70. The fourth-order valence-corrected chi connectivity index (χ4v) is 10.7. The molecule has 11 rings (SSSR count). The number of morpholine rings is 1. The average Bonchev–Trinajstić information content (AvgIpc) is 3.89. The van der Waals surface area contributed by atoms with Crippen molar-refractivity contribution in [2.75, 3.05) is 46.0 Å². The van der Waals surface area contributed by atoms with E-state index in [0.29, 0.717) is 49.3 Å². The normalized spacial score (nSPS) is 17.2. The quantitative estimate of drug-likeness (QED) is 0.167. The van der Waals surface area contributed by atoms with Crippen LogP contribution in [0.25, 0.3) is 38.9 Å². The third-order valence-electron chi connectivity index (χ3n) is 14.3. The summed E-state index contributed by atoms with van der Waals surface area (Å²) in [5.74, 6) is 0.858. The van der Waals surface area contributed by atoms with E-state index in [-0.39, 0.29) is 35.6 Å². The molecular formula is C53H55LrN7O6. The van der Waals surface area contributed by atoms with Crippen LogP contribution in [0.2, 0.25) is 0 Å². The summed E-state index contributed by atoms with van der Waals surface area (Å²) >= 11 is 0. The molecule has 14 heteroatoms. The number of aromatic nitrogens is 4. The van der Waals surface area contributed by atoms with Crippen LogP contribution >= 0.6 is 0 Å². The molecule has 7 heterocycles. The molecule has 1 atom stereocenters. The fourth-order valence-electron chi connectivity index (χ4n) is 10.7. The number of amides is 2. The van der Waals surface area contributed by atoms with E-state index in [9.17, 15) is 14.7 Å². The van der Waals surface area contributed by atoms with E-state index >= 15 is 4.79 Å². The number of hydrogen-bond donors (Lipinski definition) is 1. The second kappa shape index (κ2) is 17.6. The summed E-state index contributed by atoms with van der Waals surface area (Å²) < 4.78 is 17.3. The molecule has 1 saturated heterocycles. The van der Waals surface area contributed by atoms with Gasteiger partial charge in [0.25, 0.3) is 11.5 Å². The molecular weight excluding hydrogens is 1090 g/mol. The maximum Gasteiger partial charge on any atom is 0.265 e. The number of aryl methyl sites for hydroxylation is 3. The molecule has 1 radical (unpaired) electrons. The molecule has 13 nitrogen and oxygen atoms in total. The first kappa shape index (κ1) is 43.2. The zero-order chi connectivity index (χ0) is 45.1. The third-order valence-corrected chi connectivity index (χ3v) is 14.3. The van der Waals surface area contributed by atoms with Crippen molar-refractivity contribution in [1.29, 1.82) is 0 Å². The molecule has 0 aliphatic carbocycles. The number of phenolic OH excluding ortho intramolecular Hbond substituents is 1. The molecule has 353 valence electrons. The van der Waals surface area contributed by atoms with Crippen LogP contribution < -0.4 is 10.3 Å². The number of carbonyl (C=O) groups excluding carboxylic acids is 2. The number of benzene rings is 4. The molecule has 1 fully saturated rings. The molecule has 0 bridgehead atoms. The molecule has 0 saturated carbocycles. The number of fused-ring (bicyclic) bond motifs is 7. The zero-order valence-corrected chi connectivity index (χ0v) is 40.1. The smallest absolute Gasteiger partial charge is 0.265 e. The second-order valence-corrected chi connectivity index (χ2v) is 18.4. The average molecular weight is 1150 g/mol. The molecule has 4 aliphatic heterocycles. The van der Waals surface area contributed by atoms with Crippen molar-refractivity contribution in [2.45, 2.75) is 71.1 Å². The van der Waals surface area contributed by atoms with Crippen molar-refractivity contribution < 1.29 is 24.2 Å². The third kappa shape index (κ3) is 7.86. The summed E-state index contributed by atoms with van der Waals surface area (Å²) in [6.45, 7) is 9.11. The van der Waals surface area contributed by atoms with Gasteiger partial charge >= 0.3 is 0 Å². The van der Waals surface area contributed by atoms with E-state index in [1.807, 2.05) is 68.6 Å². The van der Waals surface area contributed by atoms with Gasteiger partial charge in [-0.2, -0.15) is 5.10 Å². The van der Waals surface area contributed by atoms with Crippen molar-refractivity contribution in [2.24, 2.45) is 7.05 Å². The van der Waals surface area contributed by atoms with Gasteiger partial charge in [-0.25, -0.2) is 0 Å². The van der Waals surface area contributed by atoms with Crippen molar-refractivity contribution >= 4 is 33.8 Å². The van der Waals surface area contributed by atoms with Crippen molar-refractivity contribution in [3.05, 3.63) is 140 Å². The Morgan fingerprint density at radius 3 is 2.40 bits per heavy atom. The summed E-state index contributed by atoms with van der Waals surface area (Å²) in [5, 5.41) is 15.9. The minimum atomic E-state index is -0.182. The number of pyridine rings is 1. The standard InChI is InChI=1S/C53H55N7O6.Lr/c1-34-27-36-7-3-4-8-38(36)33-58(34)52(63)44-30-39-32-57(48(62)28-35-10-16-42(17-11-35)66-26-23-56-21-24-65-25-22-56)20-18-37(39)29-43(44)47-31-45-50(55(47)2)49-51(46-9-5-6-19-59(46)54-49)60(53(45)64)40-12-14-41(61)15-13-40;/h3-4,7-8,10-17,29-31,34,61H,5-6,9,18-28,32-33H2,1-2H3;/t34-;/m1./s1. The Labute approximate surface area is 383 Å². The summed E-state index contributed by atoms with van der Waals surface area (Å²) in [4.78, 5) is 50.4. The second-order valence-electron chi connectivity index (χ2n) is 18.4. The first-order valence-electron chi connectivity index (χ1n) is 23.5. The summed E-state index contributed by atoms with van der Waals surface area (Å²) in [6, 6.07) is 28.9. The number of aromatic hydroxyl groups is 1. The largest absolute Gasteiger partial charge is 0.508 e. The van der Waals surface area contributed by atoms with Gasteiger partial charge in [-0.15, -0.1) is 0 Å². The predicted octanol–water partition coefficient (Wildman–Crippen LogP) is 6.81. The molecule has 67 heavy (non-hydrogen) atoms. The molecule has 7 aromatic rings. The van der Waals surface area contributed by atoms with Crippen molar-refractivity contribution in [3.8, 4) is 28.4 Å². The fraction of sp³-hybridized carbons (Fsp3) is 0.358. The van der Waals surface area contributed by atoms with E-state index in [2.05, 4.69) is 36.1 Å². The van der Waals surface area contributed by atoms with E-state index in [1.54, 1.807) is 28.8 Å². The van der Waals surface area contributed by atoms with Crippen LogP contribution in [-0.2, 0) is 61.9 Å². The van der Waals surface area contributed by atoms with Crippen LogP contribution in [0.5, 0.6) is 11.5 Å². The number of rotatable bonds is 9. The Kier molecular flexibility index (Phi) is 11.3. The van der Waals surface area contributed by atoms with Gasteiger partial charge in [-0.1, -0.05) is 36.4 Å². The first-order valence-corrected chi connectivity index (χ1v) is 23.5. The molecule has 1 N–H and O–H groups in total. The maximum absolute atomic E-state index is 15.3. The van der Waals surface area contributed by atoms with E-state index in [4.69, 9.17) is 14.6 Å². The summed E-state index contributed by atoms with van der Waals surface area (Å²) in [5.41, 5.74) is 11.1. The van der Waals surface area contributed by atoms with Gasteiger partial charge in [0, 0.05) is 81.4 Å². The Balaban J connectivity index is 0.00000525. The number of ether oxygens (including phenoxy) is 2. The number of phenols is 1. The van der Waals surface area contributed by atoms with Crippen molar-refractivity contribution in [3.63, 3.8) is 0 Å². The molecule has 0 spiro atoms. The molecule has 3 aromatic heterocycles. The molecule has 4 aromatic carbocycles. The SMILES string of the molecule is C[C@@H]1Cc2ccccc2CN1C(=O)c1cc2c(cc1-c1cc3c(=O)n(-c4ccc(O)cc4)c4c5n(nc4c3n1C)CCCC5)CCN(C(=O)Cc1ccc(OCCN3CCOCC3)cc1)C2.[Lr]. The Morgan fingerprint density at radius 2 is 1.61 bits per heavy atom. The van der Waals surface area contributed by atoms with E-state index in [1.165, 1.54) is 5.56 Å². The zero-order valence-electron chi connectivity index (χ0n) is 37.9. The van der Waals surface area contributed by atoms with Gasteiger partial charge in [0.15, 0.2) is 0 Å². The van der Waals surface area contributed by atoms with Gasteiger partial charge in [0.2, 0.25) is 5.91 Å². The van der Waals surface area contributed by atoms with Gasteiger partial charge in [0.1, 0.15) is 23.6 Å². The number of hydrogen-bond acceptors (Lipinski definition) is 8. The van der Waals surface area contributed by atoms with E-state index in [0.717, 1.165) is 127 Å². The van der Waals surface area contributed by atoms with Crippen LogP contribution in [0.3, 0.4) is 0 Å². The van der Waals surface area contributed by atoms with Crippen LogP contribution in [0.4, 0.5) is 0 Å². The van der Waals surface area contributed by atoms with E-state index < -0.39 is 0 Å². The van der Waals surface area contributed by atoms with Gasteiger partial charge in [0.05, 0.1) is 41.7 Å². The van der Waals surface area contributed by atoms with Crippen molar-refractivity contribution in [1.82, 2.24) is 33.6 Å². The maximum atomic E-state index is 15.3. The Bertz CT molecular complexity index is 3080. The molecule has 2 amide bonds. The predicted molar refractivity (Wildman–Crippen MR) is 253 cm³/mol. The minimum absolute atomic E-state index is 0. The Morgan fingerprint density at radius 1 is 0.836 bits per heavy atom. The topological polar surface area (TPSA) is 127 Å². The van der Waals surface area contributed by atoms with Crippen LogP contribution in [-0.4, -0.2) is 103 Å². The minimum Gasteiger partial charge on any atom is -0.508 e. The van der Waals surface area contributed by atoms with Gasteiger partial charge in [-0.05, 0) is 121 Å². The molecule has 0 unspecified atom stereocenters. The van der Waals surface area contributed by atoms with Crippen LogP contribution in [0.15, 0.2) is 95.8 Å². The van der Waals surface area contributed by atoms with Crippen LogP contribution in [0.1, 0.15) is 63.6 Å². The first-order chi connectivity index (χ1) is 32.2. The summed E-state index contributed by atoms with van der Waals surface area (Å²) in [7, 11) is 1.97.